The van der Waals surface area contributed by atoms with E-state index in [0.717, 1.165) is 0 Å². The Labute approximate surface area is 171 Å². The highest BCUT2D eigenvalue weighted by atomic mass is 35.5. The van der Waals surface area contributed by atoms with Crippen LogP contribution in [0.15, 0.2) is 48.5 Å². The smallest absolute Gasteiger partial charge is 0.338 e. The lowest BCUT2D eigenvalue weighted by atomic mass is 10.0. The number of carbonyl (C=O) groups excluding carboxylic acids is 3. The maximum Gasteiger partial charge on any atom is 0.338 e. The molecule has 0 spiro atoms. The summed E-state index contributed by atoms with van der Waals surface area (Å²) in [5.41, 5.74) is 0.413. The van der Waals surface area contributed by atoms with Gasteiger partial charge >= 0.3 is 11.9 Å². The van der Waals surface area contributed by atoms with Crippen LogP contribution in [0.2, 0.25) is 10.0 Å². The molecule has 8 heteroatoms. The zero-order valence-corrected chi connectivity index (χ0v) is 16.3. The van der Waals surface area contributed by atoms with Gasteiger partial charge in [-0.25, -0.2) is 14.0 Å². The van der Waals surface area contributed by atoms with Gasteiger partial charge in [0.1, 0.15) is 6.10 Å². The molecule has 0 N–H and O–H groups in total. The topological polar surface area (TPSA) is 69.7 Å². The molecule has 5 nitrogen and oxygen atoms in total. The number of hydrogen-bond acceptors (Lipinski definition) is 5. The third-order valence-corrected chi connectivity index (χ3v) is 4.39. The molecule has 0 aromatic heterocycles. The Hall–Kier alpha value is -2.44. The summed E-state index contributed by atoms with van der Waals surface area (Å²) in [5.74, 6) is -2.23. The molecule has 0 radical (unpaired) electrons. The van der Waals surface area contributed by atoms with E-state index in [1.807, 2.05) is 0 Å². The van der Waals surface area contributed by atoms with Crippen molar-refractivity contribution < 1.29 is 28.2 Å². The first kappa shape index (κ1) is 21.9. The van der Waals surface area contributed by atoms with Gasteiger partial charge in [-0.3, -0.25) is 4.79 Å². The lowest BCUT2D eigenvalue weighted by Crippen LogP contribution is -2.37. The third-order valence-electron chi connectivity index (χ3n) is 3.88. The second kappa shape index (κ2) is 10.2. The second-order valence-electron chi connectivity index (χ2n) is 6.04. The minimum absolute atomic E-state index is 0.0390. The van der Waals surface area contributed by atoms with Gasteiger partial charge in [-0.2, -0.15) is 0 Å². The van der Waals surface area contributed by atoms with E-state index in [1.165, 1.54) is 55.5 Å². The Kier molecular flexibility index (Phi) is 7.96. The fourth-order valence-electron chi connectivity index (χ4n) is 2.32. The van der Waals surface area contributed by atoms with Crippen LogP contribution in [0.4, 0.5) is 4.39 Å². The monoisotopic (exact) mass is 426 g/mol. The van der Waals surface area contributed by atoms with Crippen LogP contribution in [-0.2, 0) is 14.3 Å². The molecular formula is C20H17Cl2FO5. The van der Waals surface area contributed by atoms with Gasteiger partial charge in [0.05, 0.1) is 17.7 Å². The van der Waals surface area contributed by atoms with Gasteiger partial charge in [0, 0.05) is 16.0 Å². The molecule has 0 saturated heterocycles. The molecule has 148 valence electrons. The van der Waals surface area contributed by atoms with Crippen molar-refractivity contribution in [2.45, 2.75) is 19.2 Å². The number of halogens is 3. The van der Waals surface area contributed by atoms with Crippen LogP contribution in [0.25, 0.3) is 0 Å². The zero-order valence-electron chi connectivity index (χ0n) is 14.8. The Morgan fingerprint density at radius 1 is 0.964 bits per heavy atom. The molecule has 0 amide bonds. The molecule has 2 aromatic carbocycles. The molecule has 0 aliphatic heterocycles. The van der Waals surface area contributed by atoms with Crippen molar-refractivity contribution in [3.63, 3.8) is 0 Å². The molecule has 0 unspecified atom stereocenters. The Bertz CT molecular complexity index is 823. The number of benzene rings is 2. The van der Waals surface area contributed by atoms with Gasteiger partial charge in [-0.05, 0) is 48.5 Å². The number of esters is 2. The highest BCUT2D eigenvalue weighted by Gasteiger charge is 2.32. The summed E-state index contributed by atoms with van der Waals surface area (Å²) in [7, 11) is 0. The number of rotatable bonds is 8. The summed E-state index contributed by atoms with van der Waals surface area (Å²) in [6.07, 6.45) is -3.45. The van der Waals surface area contributed by atoms with Gasteiger partial charge in [-0.1, -0.05) is 30.1 Å². The number of alkyl halides is 1. The van der Waals surface area contributed by atoms with E-state index in [0.29, 0.717) is 10.0 Å². The summed E-state index contributed by atoms with van der Waals surface area (Å²) in [5, 5.41) is 0.886. The SMILES string of the molecule is C[C@@H](COC(=O)c1ccc(Cl)cc1)[C@@H](OC(=O)c1ccc(Cl)cc1)[C@H](F)C=O. The molecule has 0 heterocycles. The molecule has 0 aliphatic carbocycles. The highest BCUT2D eigenvalue weighted by Crippen LogP contribution is 2.19. The third kappa shape index (κ3) is 6.04. The summed E-state index contributed by atoms with van der Waals surface area (Å²) >= 11 is 11.5. The van der Waals surface area contributed by atoms with Crippen molar-refractivity contribution in [2.24, 2.45) is 5.92 Å². The fourth-order valence-corrected chi connectivity index (χ4v) is 2.57. The van der Waals surface area contributed by atoms with E-state index in [-0.39, 0.29) is 24.0 Å². The summed E-state index contributed by atoms with van der Waals surface area (Å²) < 4.78 is 24.3. The largest absolute Gasteiger partial charge is 0.462 e. The van der Waals surface area contributed by atoms with Crippen molar-refractivity contribution in [1.82, 2.24) is 0 Å². The normalized spacial score (nSPS) is 13.9. The molecule has 2 aromatic rings. The Morgan fingerprint density at radius 3 is 1.89 bits per heavy atom. The van der Waals surface area contributed by atoms with Crippen molar-refractivity contribution in [3.05, 3.63) is 69.7 Å². The highest BCUT2D eigenvalue weighted by molar-refractivity contribution is 6.30. The lowest BCUT2D eigenvalue weighted by Gasteiger charge is -2.24. The second-order valence-corrected chi connectivity index (χ2v) is 6.91. The molecular weight excluding hydrogens is 410 g/mol. The van der Waals surface area contributed by atoms with Crippen molar-refractivity contribution in [1.29, 1.82) is 0 Å². The number of ether oxygens (including phenoxy) is 2. The average Bonchev–Trinajstić information content (AvgIpc) is 2.70. The number of carbonyl (C=O) groups is 3. The number of aldehydes is 1. The zero-order chi connectivity index (χ0) is 20.7. The first-order chi connectivity index (χ1) is 13.3. The van der Waals surface area contributed by atoms with Crippen molar-refractivity contribution >= 4 is 41.4 Å². The first-order valence-corrected chi connectivity index (χ1v) is 9.06. The van der Waals surface area contributed by atoms with Crippen LogP contribution < -0.4 is 0 Å². The fraction of sp³-hybridized carbons (Fsp3) is 0.250. The van der Waals surface area contributed by atoms with E-state index >= 15 is 0 Å². The van der Waals surface area contributed by atoms with Crippen LogP contribution in [-0.4, -0.2) is 37.1 Å². The van der Waals surface area contributed by atoms with Gasteiger partial charge in [0.25, 0.3) is 0 Å². The molecule has 3 atom stereocenters. The van der Waals surface area contributed by atoms with Crippen LogP contribution in [0, 0.1) is 5.92 Å². The maximum atomic E-state index is 14.1. The van der Waals surface area contributed by atoms with Gasteiger partial charge in [-0.15, -0.1) is 0 Å². The Morgan fingerprint density at radius 2 is 1.43 bits per heavy atom. The quantitative estimate of drug-likeness (QED) is 0.457. The predicted molar refractivity (Wildman–Crippen MR) is 103 cm³/mol. The minimum atomic E-state index is -2.07. The summed E-state index contributed by atoms with van der Waals surface area (Å²) in [6, 6.07) is 11.8. The predicted octanol–water partition coefficient (Wildman–Crippen LogP) is 4.55. The summed E-state index contributed by atoms with van der Waals surface area (Å²) in [4.78, 5) is 35.2. The van der Waals surface area contributed by atoms with Crippen molar-refractivity contribution in [2.75, 3.05) is 6.61 Å². The maximum absolute atomic E-state index is 14.1. The summed E-state index contributed by atoms with van der Waals surface area (Å²) in [6.45, 7) is 1.25. The van der Waals surface area contributed by atoms with E-state index in [2.05, 4.69) is 0 Å². The molecule has 28 heavy (non-hydrogen) atoms. The molecule has 2 rings (SSSR count). The standard InChI is InChI=1S/C20H17Cl2FO5/c1-12(11-27-19(25)13-2-6-15(21)7-3-13)18(17(23)10-24)28-20(26)14-4-8-16(22)9-5-14/h2-10,12,17-18H,11H2,1H3/t12-,17+,18+/m0/s1. The van der Waals surface area contributed by atoms with Crippen LogP contribution in [0.3, 0.4) is 0 Å². The van der Waals surface area contributed by atoms with Crippen LogP contribution in [0.5, 0.6) is 0 Å². The van der Waals surface area contributed by atoms with E-state index in [9.17, 15) is 18.8 Å². The molecule has 0 fully saturated rings. The van der Waals surface area contributed by atoms with Gasteiger partial charge in [0.2, 0.25) is 0 Å². The Balaban J connectivity index is 2.01. The number of hydrogen-bond donors (Lipinski definition) is 0. The molecule has 0 aliphatic rings. The average molecular weight is 427 g/mol. The van der Waals surface area contributed by atoms with E-state index in [4.69, 9.17) is 32.7 Å². The lowest BCUT2D eigenvalue weighted by molar-refractivity contribution is -0.117. The van der Waals surface area contributed by atoms with E-state index < -0.39 is 30.1 Å². The molecule has 0 saturated carbocycles. The van der Waals surface area contributed by atoms with Crippen LogP contribution >= 0.6 is 23.2 Å². The minimum Gasteiger partial charge on any atom is -0.462 e. The van der Waals surface area contributed by atoms with E-state index in [1.54, 1.807) is 0 Å². The first-order valence-electron chi connectivity index (χ1n) is 8.30. The molecule has 0 bridgehead atoms. The van der Waals surface area contributed by atoms with Crippen LogP contribution in [0.1, 0.15) is 27.6 Å². The van der Waals surface area contributed by atoms with Gasteiger partial charge in [0.15, 0.2) is 12.5 Å². The van der Waals surface area contributed by atoms with Gasteiger partial charge < -0.3 is 9.47 Å². The van der Waals surface area contributed by atoms with Crippen molar-refractivity contribution in [3.8, 4) is 0 Å².